The third kappa shape index (κ3) is 5.72. The van der Waals surface area contributed by atoms with Crippen molar-refractivity contribution in [1.82, 2.24) is 5.32 Å². The lowest BCUT2D eigenvalue weighted by atomic mass is 10.1. The molecule has 1 saturated heterocycles. The number of aliphatic hydroxyl groups excluding tert-OH is 1. The molecule has 0 aliphatic carbocycles. The number of nitrogens with one attached hydrogen (secondary N) is 1. The van der Waals surface area contributed by atoms with E-state index in [-0.39, 0.29) is 13.2 Å². The second-order valence-electron chi connectivity index (χ2n) is 5.29. The van der Waals surface area contributed by atoms with Crippen molar-refractivity contribution in [3.63, 3.8) is 0 Å². The standard InChI is InChI=1S/C15H18F3NO4/c16-15(17,18)7-14(21)19-12-5-6-22-9-13(12)23-11-3-1-10(8-20)2-4-11/h1-4,12-13,20H,5-9H2,(H,19,21)/t12-,13-/m1/s1. The Labute approximate surface area is 131 Å². The van der Waals surface area contributed by atoms with Gasteiger partial charge in [0, 0.05) is 6.61 Å². The molecule has 8 heteroatoms. The molecular formula is C15H18F3NO4. The maximum Gasteiger partial charge on any atom is 0.397 e. The average molecular weight is 333 g/mol. The van der Waals surface area contributed by atoms with E-state index in [1.807, 2.05) is 0 Å². The van der Waals surface area contributed by atoms with Crippen molar-refractivity contribution >= 4 is 5.91 Å². The Hall–Kier alpha value is -1.80. The van der Waals surface area contributed by atoms with Crippen LogP contribution in [0.2, 0.25) is 0 Å². The van der Waals surface area contributed by atoms with E-state index in [9.17, 15) is 18.0 Å². The molecule has 2 atom stereocenters. The van der Waals surface area contributed by atoms with Crippen molar-refractivity contribution in [2.24, 2.45) is 0 Å². The van der Waals surface area contributed by atoms with E-state index in [1.54, 1.807) is 24.3 Å². The highest BCUT2D eigenvalue weighted by molar-refractivity contribution is 5.77. The van der Waals surface area contributed by atoms with Gasteiger partial charge in [-0.2, -0.15) is 13.2 Å². The Bertz CT molecular complexity index is 518. The molecule has 1 heterocycles. The Morgan fingerprint density at radius 2 is 2.04 bits per heavy atom. The van der Waals surface area contributed by atoms with Crippen LogP contribution in [0.5, 0.6) is 5.75 Å². The molecule has 0 spiro atoms. The lowest BCUT2D eigenvalue weighted by Gasteiger charge is -2.32. The van der Waals surface area contributed by atoms with Gasteiger partial charge < -0.3 is 19.9 Å². The van der Waals surface area contributed by atoms with Crippen LogP contribution in [0.3, 0.4) is 0 Å². The van der Waals surface area contributed by atoms with Gasteiger partial charge in [0.1, 0.15) is 18.3 Å². The Kier molecular flexibility index (Phi) is 5.84. The minimum absolute atomic E-state index is 0.0943. The molecule has 0 bridgehead atoms. The van der Waals surface area contributed by atoms with Crippen LogP contribution in [0, 0.1) is 0 Å². The van der Waals surface area contributed by atoms with Gasteiger partial charge in [-0.05, 0) is 24.1 Å². The Balaban J connectivity index is 1.96. The molecule has 1 aliphatic heterocycles. The van der Waals surface area contributed by atoms with Crippen molar-refractivity contribution in [2.45, 2.75) is 37.8 Å². The SMILES string of the molecule is O=C(CC(F)(F)F)N[C@@H]1CCOC[C@H]1Oc1ccc(CO)cc1. The van der Waals surface area contributed by atoms with E-state index in [0.29, 0.717) is 24.3 Å². The van der Waals surface area contributed by atoms with E-state index in [1.165, 1.54) is 0 Å². The number of hydrogen-bond donors (Lipinski definition) is 2. The van der Waals surface area contributed by atoms with E-state index in [2.05, 4.69) is 5.32 Å². The maximum absolute atomic E-state index is 12.2. The third-order valence-electron chi connectivity index (χ3n) is 3.40. The maximum atomic E-state index is 12.2. The number of hydrogen-bond acceptors (Lipinski definition) is 4. The number of benzene rings is 1. The van der Waals surface area contributed by atoms with Gasteiger partial charge in [0.05, 0.1) is 19.3 Å². The number of halogens is 3. The zero-order chi connectivity index (χ0) is 16.9. The molecule has 0 radical (unpaired) electrons. The van der Waals surface area contributed by atoms with Crippen LogP contribution in [0.25, 0.3) is 0 Å². The summed E-state index contributed by atoms with van der Waals surface area (Å²) in [5.74, 6) is -0.582. The summed E-state index contributed by atoms with van der Waals surface area (Å²) >= 11 is 0. The number of alkyl halides is 3. The molecule has 1 aromatic carbocycles. The fourth-order valence-corrected chi connectivity index (χ4v) is 2.28. The molecule has 5 nitrogen and oxygen atoms in total. The zero-order valence-corrected chi connectivity index (χ0v) is 12.3. The summed E-state index contributed by atoms with van der Waals surface area (Å²) in [7, 11) is 0. The summed E-state index contributed by atoms with van der Waals surface area (Å²) in [6.45, 7) is 0.432. The van der Waals surface area contributed by atoms with E-state index in [0.717, 1.165) is 0 Å². The first-order chi connectivity index (χ1) is 10.9. The van der Waals surface area contributed by atoms with Crippen LogP contribution in [0.4, 0.5) is 13.2 Å². The largest absolute Gasteiger partial charge is 0.486 e. The van der Waals surface area contributed by atoms with Gasteiger partial charge in [0.2, 0.25) is 5.91 Å². The van der Waals surface area contributed by atoms with Crippen LogP contribution in [0.1, 0.15) is 18.4 Å². The van der Waals surface area contributed by atoms with Crippen LogP contribution < -0.4 is 10.1 Å². The Morgan fingerprint density at radius 1 is 1.35 bits per heavy atom. The zero-order valence-electron chi connectivity index (χ0n) is 12.3. The molecule has 2 N–H and O–H groups in total. The Morgan fingerprint density at radius 3 is 2.65 bits per heavy atom. The highest BCUT2D eigenvalue weighted by Gasteiger charge is 2.34. The van der Waals surface area contributed by atoms with E-state index >= 15 is 0 Å². The molecule has 23 heavy (non-hydrogen) atoms. The third-order valence-corrected chi connectivity index (χ3v) is 3.40. The minimum Gasteiger partial charge on any atom is -0.486 e. The first-order valence-electron chi connectivity index (χ1n) is 7.18. The quantitative estimate of drug-likeness (QED) is 0.862. The highest BCUT2D eigenvalue weighted by atomic mass is 19.4. The molecule has 1 amide bonds. The minimum atomic E-state index is -4.54. The van der Waals surface area contributed by atoms with Crippen LogP contribution >= 0.6 is 0 Å². The van der Waals surface area contributed by atoms with E-state index < -0.39 is 30.7 Å². The van der Waals surface area contributed by atoms with Crippen LogP contribution in [-0.2, 0) is 16.1 Å². The molecular weight excluding hydrogens is 315 g/mol. The second-order valence-corrected chi connectivity index (χ2v) is 5.29. The van der Waals surface area contributed by atoms with Gasteiger partial charge in [-0.25, -0.2) is 0 Å². The van der Waals surface area contributed by atoms with Crippen LogP contribution in [0.15, 0.2) is 24.3 Å². The molecule has 0 saturated carbocycles. The molecule has 0 unspecified atom stereocenters. The fraction of sp³-hybridized carbons (Fsp3) is 0.533. The molecule has 128 valence electrons. The van der Waals surface area contributed by atoms with Crippen molar-refractivity contribution in [1.29, 1.82) is 0 Å². The normalized spacial score (nSPS) is 21.7. The summed E-state index contributed by atoms with van der Waals surface area (Å²) in [4.78, 5) is 11.5. The van der Waals surface area contributed by atoms with Gasteiger partial charge in [-0.3, -0.25) is 4.79 Å². The second kappa shape index (κ2) is 7.65. The van der Waals surface area contributed by atoms with Gasteiger partial charge >= 0.3 is 6.18 Å². The van der Waals surface area contributed by atoms with Gasteiger partial charge in [-0.1, -0.05) is 12.1 Å². The molecule has 1 aliphatic rings. The van der Waals surface area contributed by atoms with Gasteiger partial charge in [0.25, 0.3) is 0 Å². The summed E-state index contributed by atoms with van der Waals surface area (Å²) in [5.41, 5.74) is 0.715. The van der Waals surface area contributed by atoms with Crippen molar-refractivity contribution in [3.05, 3.63) is 29.8 Å². The predicted molar refractivity (Wildman–Crippen MR) is 74.8 cm³/mol. The summed E-state index contributed by atoms with van der Waals surface area (Å²) < 4.78 is 47.7. The number of aliphatic hydroxyl groups is 1. The van der Waals surface area contributed by atoms with E-state index in [4.69, 9.17) is 14.6 Å². The predicted octanol–water partition coefficient (Wildman–Crippen LogP) is 1.78. The first-order valence-corrected chi connectivity index (χ1v) is 7.18. The molecule has 1 fully saturated rings. The summed E-state index contributed by atoms with van der Waals surface area (Å²) in [6, 6.07) is 6.10. The number of amides is 1. The highest BCUT2D eigenvalue weighted by Crippen LogP contribution is 2.21. The smallest absolute Gasteiger partial charge is 0.397 e. The van der Waals surface area contributed by atoms with Gasteiger partial charge in [-0.15, -0.1) is 0 Å². The number of rotatable bonds is 5. The number of carbonyl (C=O) groups is 1. The number of ether oxygens (including phenoxy) is 2. The average Bonchev–Trinajstić information content (AvgIpc) is 2.48. The van der Waals surface area contributed by atoms with Crippen LogP contribution in [-0.4, -0.2) is 42.5 Å². The first kappa shape index (κ1) is 17.6. The lowest BCUT2D eigenvalue weighted by molar-refractivity contribution is -0.155. The monoisotopic (exact) mass is 333 g/mol. The fourth-order valence-electron chi connectivity index (χ4n) is 2.28. The lowest BCUT2D eigenvalue weighted by Crippen LogP contribution is -2.51. The number of carbonyl (C=O) groups excluding carboxylic acids is 1. The molecule has 0 aromatic heterocycles. The summed E-state index contributed by atoms with van der Waals surface area (Å²) in [6.07, 6.45) is -6.24. The van der Waals surface area contributed by atoms with Crippen molar-refractivity contribution in [2.75, 3.05) is 13.2 Å². The molecule has 2 rings (SSSR count). The van der Waals surface area contributed by atoms with Crippen molar-refractivity contribution in [3.8, 4) is 5.75 Å². The molecule has 1 aromatic rings. The van der Waals surface area contributed by atoms with Crippen molar-refractivity contribution < 1.29 is 32.5 Å². The topological polar surface area (TPSA) is 67.8 Å². The summed E-state index contributed by atoms with van der Waals surface area (Å²) in [5, 5.41) is 11.3. The van der Waals surface area contributed by atoms with Gasteiger partial charge in [0.15, 0.2) is 0 Å².